The van der Waals surface area contributed by atoms with Crippen molar-refractivity contribution in [2.45, 2.75) is 44.8 Å². The molecule has 1 fully saturated rings. The Labute approximate surface area is 143 Å². The molecule has 1 saturated carbocycles. The van der Waals surface area contributed by atoms with Gasteiger partial charge in [0.2, 0.25) is 11.6 Å². The summed E-state index contributed by atoms with van der Waals surface area (Å²) in [6, 6.07) is 0. The summed E-state index contributed by atoms with van der Waals surface area (Å²) in [7, 11) is 4.34. The number of carbonyl (C=O) groups excluding carboxylic acids is 2. The van der Waals surface area contributed by atoms with Gasteiger partial charge in [0, 0.05) is 31.1 Å². The molecule has 5 heteroatoms. The van der Waals surface area contributed by atoms with Crippen LogP contribution in [-0.4, -0.2) is 38.9 Å². The second-order valence-corrected chi connectivity index (χ2v) is 7.19. The fourth-order valence-electron chi connectivity index (χ4n) is 4.91. The zero-order valence-corrected chi connectivity index (χ0v) is 14.9. The molecule has 0 radical (unpaired) electrons. The minimum atomic E-state index is -1.29. The molecule has 0 amide bonds. The van der Waals surface area contributed by atoms with Crippen LogP contribution in [0.4, 0.5) is 0 Å². The molecular weight excluding hydrogens is 308 g/mol. The van der Waals surface area contributed by atoms with Crippen LogP contribution < -0.4 is 0 Å². The van der Waals surface area contributed by atoms with E-state index in [1.54, 1.807) is 0 Å². The monoisotopic (exact) mass is 334 g/mol. The Morgan fingerprint density at radius 3 is 2.42 bits per heavy atom. The summed E-state index contributed by atoms with van der Waals surface area (Å²) >= 11 is 0. The number of methoxy groups -OCH3 is 3. The van der Waals surface area contributed by atoms with Crippen molar-refractivity contribution in [2.24, 2.45) is 17.3 Å². The Balaban J connectivity index is 2.12. The number of esters is 1. The van der Waals surface area contributed by atoms with Gasteiger partial charge in [-0.15, -0.1) is 0 Å². The number of ether oxygens (including phenoxy) is 3. The smallest absolute Gasteiger partial charge is 0.334 e. The van der Waals surface area contributed by atoms with Crippen molar-refractivity contribution < 1.29 is 23.8 Å². The van der Waals surface area contributed by atoms with Crippen LogP contribution in [0.5, 0.6) is 0 Å². The SMILES string of the molecule is COC(=O)C1=C[C@@H]2C[C@](C)(C3=CCCCC3)[C@H]1C(=O)C2(OC)OC. The van der Waals surface area contributed by atoms with Gasteiger partial charge in [-0.2, -0.15) is 0 Å². The van der Waals surface area contributed by atoms with Crippen LogP contribution in [0.3, 0.4) is 0 Å². The Morgan fingerprint density at radius 2 is 1.92 bits per heavy atom. The van der Waals surface area contributed by atoms with E-state index in [-0.39, 0.29) is 17.1 Å². The van der Waals surface area contributed by atoms with Gasteiger partial charge in [0.1, 0.15) is 0 Å². The first-order valence-corrected chi connectivity index (χ1v) is 8.58. The molecule has 0 N–H and O–H groups in total. The van der Waals surface area contributed by atoms with Crippen molar-refractivity contribution in [3.05, 3.63) is 23.3 Å². The number of ketones is 1. The lowest BCUT2D eigenvalue weighted by Gasteiger charge is -2.55. The molecule has 5 nitrogen and oxygen atoms in total. The summed E-state index contributed by atoms with van der Waals surface area (Å²) < 4.78 is 16.0. The van der Waals surface area contributed by atoms with Crippen LogP contribution in [0.2, 0.25) is 0 Å². The van der Waals surface area contributed by atoms with Crippen molar-refractivity contribution in [3.63, 3.8) is 0 Å². The summed E-state index contributed by atoms with van der Waals surface area (Å²) in [6.45, 7) is 2.10. The quantitative estimate of drug-likeness (QED) is 0.449. The van der Waals surface area contributed by atoms with Gasteiger partial charge >= 0.3 is 5.97 Å². The molecule has 132 valence electrons. The molecule has 0 unspecified atom stereocenters. The summed E-state index contributed by atoms with van der Waals surface area (Å²) in [4.78, 5) is 25.7. The maximum atomic E-state index is 13.3. The molecular formula is C19H26O5. The molecule has 4 aliphatic carbocycles. The number of Topliss-reactive ketones (excluding diaryl/α,β-unsaturated/α-hetero) is 1. The first-order chi connectivity index (χ1) is 11.4. The first-order valence-electron chi connectivity index (χ1n) is 8.58. The summed E-state index contributed by atoms with van der Waals surface area (Å²) in [6.07, 6.45) is 9.15. The lowest BCUT2D eigenvalue weighted by atomic mass is 9.51. The van der Waals surface area contributed by atoms with E-state index in [0.717, 1.165) is 25.7 Å². The predicted octanol–water partition coefficient (Wildman–Crippen LogP) is 2.80. The van der Waals surface area contributed by atoms with Crippen molar-refractivity contribution >= 4 is 11.8 Å². The zero-order chi connectivity index (χ0) is 17.5. The molecule has 0 aromatic heterocycles. The van der Waals surface area contributed by atoms with Gasteiger partial charge in [0.05, 0.1) is 13.0 Å². The molecule has 4 aliphatic rings. The third kappa shape index (κ3) is 2.21. The molecule has 2 bridgehead atoms. The Bertz CT molecular complexity index is 613. The van der Waals surface area contributed by atoms with E-state index < -0.39 is 17.7 Å². The van der Waals surface area contributed by atoms with E-state index in [1.165, 1.54) is 33.3 Å². The fourth-order valence-corrected chi connectivity index (χ4v) is 4.91. The largest absolute Gasteiger partial charge is 0.466 e. The van der Waals surface area contributed by atoms with E-state index in [2.05, 4.69) is 13.0 Å². The topological polar surface area (TPSA) is 61.8 Å². The predicted molar refractivity (Wildman–Crippen MR) is 88.1 cm³/mol. The molecule has 0 aliphatic heterocycles. The van der Waals surface area contributed by atoms with Crippen molar-refractivity contribution in [1.82, 2.24) is 0 Å². The van der Waals surface area contributed by atoms with E-state index in [4.69, 9.17) is 14.2 Å². The first kappa shape index (κ1) is 17.4. The number of carbonyl (C=O) groups is 2. The third-order valence-electron chi connectivity index (χ3n) is 6.12. The highest BCUT2D eigenvalue weighted by Crippen LogP contribution is 2.59. The minimum absolute atomic E-state index is 0.166. The van der Waals surface area contributed by atoms with Crippen molar-refractivity contribution in [2.75, 3.05) is 21.3 Å². The zero-order valence-electron chi connectivity index (χ0n) is 14.9. The van der Waals surface area contributed by atoms with E-state index >= 15 is 0 Å². The van der Waals surface area contributed by atoms with Crippen LogP contribution in [-0.2, 0) is 23.8 Å². The van der Waals surface area contributed by atoms with Crippen molar-refractivity contribution in [1.29, 1.82) is 0 Å². The summed E-state index contributed by atoms with van der Waals surface area (Å²) in [5.41, 5.74) is 1.37. The number of hydrogen-bond donors (Lipinski definition) is 0. The maximum Gasteiger partial charge on any atom is 0.334 e. The van der Waals surface area contributed by atoms with Crippen LogP contribution in [0, 0.1) is 17.3 Å². The number of allylic oxidation sites excluding steroid dienone is 2. The molecule has 24 heavy (non-hydrogen) atoms. The minimum Gasteiger partial charge on any atom is -0.466 e. The molecule has 4 rings (SSSR count). The van der Waals surface area contributed by atoms with Gasteiger partial charge in [-0.1, -0.05) is 24.6 Å². The average Bonchev–Trinajstić information content (AvgIpc) is 2.62. The normalized spacial score (nSPS) is 34.6. The van der Waals surface area contributed by atoms with Crippen LogP contribution in [0.1, 0.15) is 39.0 Å². The highest BCUT2D eigenvalue weighted by Gasteiger charge is 2.65. The van der Waals surface area contributed by atoms with Crippen LogP contribution in [0.15, 0.2) is 23.3 Å². The standard InChI is InChI=1S/C19H26O5/c1-18(12-8-6-5-7-9-12)11-13-10-14(17(21)22-2)15(18)16(20)19(13,23-3)24-4/h8,10,13,15H,5-7,9,11H2,1-4H3/t13-,15-,18-/m1/s1. The van der Waals surface area contributed by atoms with Crippen LogP contribution in [0.25, 0.3) is 0 Å². The van der Waals surface area contributed by atoms with Gasteiger partial charge in [0.25, 0.3) is 0 Å². The van der Waals surface area contributed by atoms with Gasteiger partial charge in [0.15, 0.2) is 0 Å². The van der Waals surface area contributed by atoms with Crippen LogP contribution >= 0.6 is 0 Å². The maximum absolute atomic E-state index is 13.3. The third-order valence-corrected chi connectivity index (χ3v) is 6.12. The Morgan fingerprint density at radius 1 is 1.21 bits per heavy atom. The molecule has 0 aromatic carbocycles. The molecule has 3 atom stereocenters. The highest BCUT2D eigenvalue weighted by atomic mass is 16.7. The van der Waals surface area contributed by atoms with Gasteiger partial charge in [-0.25, -0.2) is 4.79 Å². The Hall–Kier alpha value is -1.46. The number of hydrogen-bond acceptors (Lipinski definition) is 5. The average molecular weight is 334 g/mol. The molecule has 0 aromatic rings. The van der Waals surface area contributed by atoms with E-state index in [1.807, 2.05) is 6.08 Å². The van der Waals surface area contributed by atoms with E-state index in [9.17, 15) is 9.59 Å². The van der Waals surface area contributed by atoms with Crippen molar-refractivity contribution in [3.8, 4) is 0 Å². The molecule has 0 saturated heterocycles. The fraction of sp³-hybridized carbons (Fsp3) is 0.684. The second-order valence-electron chi connectivity index (χ2n) is 7.19. The van der Waals surface area contributed by atoms with Gasteiger partial charge < -0.3 is 14.2 Å². The lowest BCUT2D eigenvalue weighted by molar-refractivity contribution is -0.245. The van der Waals surface area contributed by atoms with Gasteiger partial charge in [-0.05, 0) is 32.1 Å². The van der Waals surface area contributed by atoms with Gasteiger partial charge in [-0.3, -0.25) is 4.79 Å². The summed E-state index contributed by atoms with van der Waals surface area (Å²) in [5.74, 6) is -2.77. The number of fused-ring (bicyclic) bond motifs is 2. The molecule has 0 heterocycles. The molecule has 0 spiro atoms. The lowest BCUT2D eigenvalue weighted by Crippen LogP contribution is -2.64. The number of rotatable bonds is 4. The Kier molecular flexibility index (Phi) is 4.43. The van der Waals surface area contributed by atoms with E-state index in [0.29, 0.717) is 5.57 Å². The summed E-state index contributed by atoms with van der Waals surface area (Å²) in [5, 5.41) is 0. The highest BCUT2D eigenvalue weighted by molar-refractivity contribution is 6.04. The second kappa shape index (κ2) is 6.12.